The predicted molar refractivity (Wildman–Crippen MR) is 94.7 cm³/mol. The first-order valence-corrected chi connectivity index (χ1v) is 8.82. The molecule has 0 spiro atoms. The van der Waals surface area contributed by atoms with Crippen LogP contribution in [0.25, 0.3) is 0 Å². The molecular formula is C20H28O4. The number of carbonyl (C=O) groups is 1. The van der Waals surface area contributed by atoms with Gasteiger partial charge in [-0.25, -0.2) is 4.79 Å². The van der Waals surface area contributed by atoms with Gasteiger partial charge in [0.1, 0.15) is 17.1 Å². The molecule has 1 aliphatic rings. The highest BCUT2D eigenvalue weighted by atomic mass is 16.5. The molecule has 4 nitrogen and oxygen atoms in total. The van der Waals surface area contributed by atoms with Crippen LogP contribution in [0.2, 0.25) is 0 Å². The number of rotatable bonds is 6. The maximum atomic E-state index is 12.2. The number of aryl methyl sites for hydroxylation is 1. The van der Waals surface area contributed by atoms with Crippen molar-refractivity contribution >= 4 is 5.97 Å². The minimum atomic E-state index is -0.545. The number of ether oxygens (including phenoxy) is 1. The average Bonchev–Trinajstić information content (AvgIpc) is 2.54. The van der Waals surface area contributed by atoms with E-state index in [4.69, 9.17) is 4.74 Å². The molecule has 1 aromatic rings. The van der Waals surface area contributed by atoms with Crippen LogP contribution in [0.1, 0.15) is 79.8 Å². The number of phenols is 2. The van der Waals surface area contributed by atoms with Crippen molar-refractivity contribution in [1.82, 2.24) is 0 Å². The Morgan fingerprint density at radius 3 is 2.71 bits per heavy atom. The molecule has 0 saturated carbocycles. The summed E-state index contributed by atoms with van der Waals surface area (Å²) in [4.78, 5) is 12.2. The van der Waals surface area contributed by atoms with Gasteiger partial charge in [-0.1, -0.05) is 31.4 Å². The van der Waals surface area contributed by atoms with Crippen molar-refractivity contribution in [2.75, 3.05) is 7.11 Å². The molecule has 4 heteroatoms. The molecule has 132 valence electrons. The minimum absolute atomic E-state index is 0.0631. The lowest BCUT2D eigenvalue weighted by molar-refractivity contribution is 0.0596. The summed E-state index contributed by atoms with van der Waals surface area (Å²) in [6.45, 7) is 4.16. The molecule has 1 atom stereocenters. The third kappa shape index (κ3) is 3.92. The number of phenolic OH excluding ortho intramolecular Hbond substituents is 2. The molecule has 0 radical (unpaired) electrons. The molecule has 0 amide bonds. The highest BCUT2D eigenvalue weighted by Gasteiger charge is 2.27. The van der Waals surface area contributed by atoms with Crippen LogP contribution in [0.3, 0.4) is 0 Å². The van der Waals surface area contributed by atoms with Gasteiger partial charge in [0, 0.05) is 11.5 Å². The Hall–Kier alpha value is -1.97. The van der Waals surface area contributed by atoms with Gasteiger partial charge in [-0.3, -0.25) is 0 Å². The van der Waals surface area contributed by atoms with Gasteiger partial charge in [-0.2, -0.15) is 0 Å². The Kier molecular flexibility index (Phi) is 6.29. The van der Waals surface area contributed by atoms with Gasteiger partial charge < -0.3 is 14.9 Å². The summed E-state index contributed by atoms with van der Waals surface area (Å²) in [6.07, 6.45) is 8.63. The van der Waals surface area contributed by atoms with Gasteiger partial charge in [-0.15, -0.1) is 0 Å². The summed E-state index contributed by atoms with van der Waals surface area (Å²) < 4.78 is 4.87. The Morgan fingerprint density at radius 2 is 2.08 bits per heavy atom. The average molecular weight is 332 g/mol. The number of esters is 1. The van der Waals surface area contributed by atoms with Crippen molar-refractivity contribution in [2.45, 2.75) is 64.7 Å². The Balaban J connectivity index is 2.49. The monoisotopic (exact) mass is 332 g/mol. The molecule has 0 heterocycles. The van der Waals surface area contributed by atoms with E-state index in [-0.39, 0.29) is 23.0 Å². The molecule has 1 aliphatic carbocycles. The number of hydrogen-bond donors (Lipinski definition) is 2. The first kappa shape index (κ1) is 18.4. The van der Waals surface area contributed by atoms with Crippen LogP contribution in [0.4, 0.5) is 0 Å². The smallest absolute Gasteiger partial charge is 0.341 e. The molecule has 2 rings (SSSR count). The van der Waals surface area contributed by atoms with Gasteiger partial charge in [-0.05, 0) is 50.7 Å². The van der Waals surface area contributed by atoms with Crippen LogP contribution in [-0.4, -0.2) is 23.3 Å². The zero-order chi connectivity index (χ0) is 17.7. The molecule has 0 fully saturated rings. The van der Waals surface area contributed by atoms with E-state index in [1.54, 1.807) is 6.07 Å². The van der Waals surface area contributed by atoms with Crippen molar-refractivity contribution < 1.29 is 19.7 Å². The molecule has 24 heavy (non-hydrogen) atoms. The lowest BCUT2D eigenvalue weighted by atomic mass is 9.83. The molecule has 0 saturated heterocycles. The second-order valence-electron chi connectivity index (χ2n) is 6.65. The topological polar surface area (TPSA) is 66.8 Å². The molecule has 0 aromatic heterocycles. The molecular weight excluding hydrogens is 304 g/mol. The zero-order valence-electron chi connectivity index (χ0n) is 14.9. The fourth-order valence-corrected chi connectivity index (χ4v) is 3.52. The third-order valence-corrected chi connectivity index (χ3v) is 4.78. The summed E-state index contributed by atoms with van der Waals surface area (Å²) in [5.41, 5.74) is 2.56. The quantitative estimate of drug-likeness (QED) is 0.445. The predicted octanol–water partition coefficient (Wildman–Crippen LogP) is 4.83. The summed E-state index contributed by atoms with van der Waals surface area (Å²) in [6, 6.07) is 1.63. The zero-order valence-corrected chi connectivity index (χ0v) is 14.9. The van der Waals surface area contributed by atoms with Gasteiger partial charge in [0.2, 0.25) is 0 Å². The van der Waals surface area contributed by atoms with Gasteiger partial charge in [0.05, 0.1) is 7.11 Å². The summed E-state index contributed by atoms with van der Waals surface area (Å²) >= 11 is 0. The first-order chi connectivity index (χ1) is 11.5. The number of carbonyl (C=O) groups excluding carboxylic acids is 1. The van der Waals surface area contributed by atoms with Crippen LogP contribution < -0.4 is 0 Å². The van der Waals surface area contributed by atoms with E-state index >= 15 is 0 Å². The van der Waals surface area contributed by atoms with Gasteiger partial charge in [0.25, 0.3) is 0 Å². The van der Waals surface area contributed by atoms with Gasteiger partial charge in [0.15, 0.2) is 0 Å². The highest BCUT2D eigenvalue weighted by molar-refractivity contribution is 5.95. The largest absolute Gasteiger partial charge is 0.507 e. The van der Waals surface area contributed by atoms with Crippen molar-refractivity contribution in [2.24, 2.45) is 0 Å². The fourth-order valence-electron chi connectivity index (χ4n) is 3.52. The summed E-state index contributed by atoms with van der Waals surface area (Å²) in [5, 5.41) is 21.3. The summed E-state index contributed by atoms with van der Waals surface area (Å²) in [5.74, 6) is -0.657. The van der Waals surface area contributed by atoms with E-state index in [0.717, 1.165) is 38.5 Å². The van der Waals surface area contributed by atoms with Crippen LogP contribution in [-0.2, 0) is 11.2 Å². The van der Waals surface area contributed by atoms with E-state index in [2.05, 4.69) is 19.9 Å². The van der Waals surface area contributed by atoms with Crippen molar-refractivity contribution in [3.8, 4) is 11.5 Å². The summed E-state index contributed by atoms with van der Waals surface area (Å²) in [7, 11) is 1.31. The van der Waals surface area contributed by atoms with Crippen LogP contribution >= 0.6 is 0 Å². The maximum absolute atomic E-state index is 12.2. The highest BCUT2D eigenvalue weighted by Crippen LogP contribution is 2.44. The van der Waals surface area contributed by atoms with Crippen LogP contribution in [0, 0.1) is 0 Å². The van der Waals surface area contributed by atoms with Crippen molar-refractivity contribution in [1.29, 1.82) is 0 Å². The lowest BCUT2D eigenvalue weighted by Gasteiger charge is -2.23. The Morgan fingerprint density at radius 1 is 1.33 bits per heavy atom. The number of aromatic hydroxyl groups is 2. The number of unbranched alkanes of at least 4 members (excludes halogenated alkanes) is 2. The van der Waals surface area contributed by atoms with E-state index in [1.807, 2.05) is 0 Å². The second-order valence-corrected chi connectivity index (χ2v) is 6.65. The van der Waals surface area contributed by atoms with E-state index in [1.165, 1.54) is 12.7 Å². The van der Waals surface area contributed by atoms with E-state index < -0.39 is 5.97 Å². The normalized spacial score (nSPS) is 17.5. The molecule has 0 aliphatic heterocycles. The van der Waals surface area contributed by atoms with Crippen LogP contribution in [0.5, 0.6) is 11.5 Å². The third-order valence-electron chi connectivity index (χ3n) is 4.78. The first-order valence-electron chi connectivity index (χ1n) is 8.82. The Bertz CT molecular complexity index is 631. The molecule has 2 N–H and O–H groups in total. The fraction of sp³-hybridized carbons (Fsp3) is 0.550. The minimum Gasteiger partial charge on any atom is -0.507 e. The lowest BCUT2D eigenvalue weighted by Crippen LogP contribution is -2.11. The SMILES string of the molecule is CCCCCc1cc(O)c([C@@H]2C=C(C)CCC2)c(O)c1C(=O)OC. The number of allylic oxidation sites excluding steroid dienone is 2. The van der Waals surface area contributed by atoms with E-state index in [0.29, 0.717) is 17.5 Å². The van der Waals surface area contributed by atoms with E-state index in [9.17, 15) is 15.0 Å². The molecule has 0 bridgehead atoms. The Labute approximate surface area is 144 Å². The van der Waals surface area contributed by atoms with Crippen molar-refractivity contribution in [3.63, 3.8) is 0 Å². The molecule has 0 unspecified atom stereocenters. The standard InChI is InChI=1S/C20H28O4/c1-4-5-6-9-15-12-16(21)17(14-10-7-8-13(2)11-14)19(22)18(15)20(23)24-3/h11-12,14,21-22H,4-10H2,1-3H3/t14-/m0/s1. The molecule has 1 aromatic carbocycles. The van der Waals surface area contributed by atoms with Gasteiger partial charge >= 0.3 is 5.97 Å². The maximum Gasteiger partial charge on any atom is 0.341 e. The number of benzene rings is 1. The van der Waals surface area contributed by atoms with Crippen molar-refractivity contribution in [3.05, 3.63) is 34.4 Å². The van der Waals surface area contributed by atoms with Crippen LogP contribution in [0.15, 0.2) is 17.7 Å². The number of methoxy groups -OCH3 is 1. The second kappa shape index (κ2) is 8.22. The number of hydrogen-bond acceptors (Lipinski definition) is 4.